The third-order valence-corrected chi connectivity index (χ3v) is 9.41. The van der Waals surface area contributed by atoms with Crippen molar-refractivity contribution in [2.45, 2.75) is 213 Å². The van der Waals surface area contributed by atoms with E-state index in [4.69, 9.17) is 0 Å². The maximum atomic E-state index is 12.6. The molecule has 2 N–H and O–H groups in total. The first-order valence-corrected chi connectivity index (χ1v) is 18.4. The van der Waals surface area contributed by atoms with Crippen LogP contribution in [0, 0.1) is 11.3 Å². The van der Waals surface area contributed by atoms with E-state index in [1.807, 2.05) is 6.92 Å². The van der Waals surface area contributed by atoms with E-state index in [9.17, 15) is 19.8 Å². The van der Waals surface area contributed by atoms with Crippen molar-refractivity contribution in [1.29, 1.82) is 0 Å². The lowest BCUT2D eigenvalue weighted by Gasteiger charge is -2.35. The maximum Gasteiger partial charge on any atom is 0.310 e. The molecule has 2 unspecified atom stereocenters. The normalized spacial score (nSPS) is 13.7. The Morgan fingerprint density at radius 3 is 1.05 bits per heavy atom. The summed E-state index contributed by atoms with van der Waals surface area (Å²) in [4.78, 5) is 24.9. The Bertz CT molecular complexity index is 589. The molecule has 0 rings (SSSR count). The average molecular weight is 581 g/mol. The van der Waals surface area contributed by atoms with Crippen LogP contribution in [-0.2, 0) is 9.59 Å². The van der Waals surface area contributed by atoms with E-state index >= 15 is 0 Å². The Morgan fingerprint density at radius 1 is 0.439 bits per heavy atom. The van der Waals surface area contributed by atoms with Crippen LogP contribution in [0.25, 0.3) is 0 Å². The molecule has 0 aliphatic rings. The van der Waals surface area contributed by atoms with Crippen LogP contribution in [-0.4, -0.2) is 22.2 Å². The van der Waals surface area contributed by atoms with Gasteiger partial charge >= 0.3 is 11.9 Å². The van der Waals surface area contributed by atoms with Gasteiger partial charge in [0, 0.05) is 0 Å². The van der Waals surface area contributed by atoms with Crippen molar-refractivity contribution in [1.82, 2.24) is 0 Å². The van der Waals surface area contributed by atoms with Crippen molar-refractivity contribution >= 4 is 11.9 Å². The molecule has 0 aromatic heterocycles. The fourth-order valence-electron chi connectivity index (χ4n) is 6.74. The molecule has 0 fully saturated rings. The topological polar surface area (TPSA) is 74.6 Å². The highest BCUT2D eigenvalue weighted by molar-refractivity contribution is 5.83. The molecule has 0 aliphatic heterocycles. The van der Waals surface area contributed by atoms with Gasteiger partial charge in [-0.3, -0.25) is 9.59 Å². The van der Waals surface area contributed by atoms with Gasteiger partial charge in [-0.1, -0.05) is 194 Å². The lowest BCUT2D eigenvalue weighted by atomic mass is 9.67. The Kier molecular flexibility index (Phi) is 28.3. The van der Waals surface area contributed by atoms with Gasteiger partial charge in [0.2, 0.25) is 0 Å². The van der Waals surface area contributed by atoms with Gasteiger partial charge in [-0.2, -0.15) is 0 Å². The lowest BCUT2D eigenvalue weighted by Crippen LogP contribution is -2.43. The van der Waals surface area contributed by atoms with E-state index < -0.39 is 23.3 Å². The second-order valence-electron chi connectivity index (χ2n) is 13.1. The number of hydrogen-bond donors (Lipinski definition) is 2. The fraction of sp³-hybridized carbons (Fsp3) is 0.946. The summed E-state index contributed by atoms with van der Waals surface area (Å²) in [6.07, 6.45) is 34.8. The van der Waals surface area contributed by atoms with Gasteiger partial charge < -0.3 is 10.2 Å². The number of carboxylic acids is 2. The molecule has 0 saturated carbocycles. The number of unbranched alkanes of at least 4 members (excludes halogenated alkanes) is 24. The standard InChI is InChI=1S/C37H72O4/c1-4-7-9-11-13-15-17-19-20-21-23-25-27-29-31-34(35(38)39)37(32-6-3,36(40)41)33-30-28-26-24-22-18-16-14-12-10-8-5-2/h34H,4-33H2,1-3H3,(H,38,39)(H,40,41). The number of carbonyl (C=O) groups is 2. The molecule has 0 radical (unpaired) electrons. The lowest BCUT2D eigenvalue weighted by molar-refractivity contribution is -0.164. The summed E-state index contributed by atoms with van der Waals surface area (Å²) in [6, 6.07) is 0. The SMILES string of the molecule is CCCCCCCCCCCCCCCCC(C(=O)O)C(CCC)(CCCCCCCCCCCCCC)C(=O)O. The molecule has 4 heteroatoms. The smallest absolute Gasteiger partial charge is 0.310 e. The zero-order valence-electron chi connectivity index (χ0n) is 28.0. The highest BCUT2D eigenvalue weighted by Gasteiger charge is 2.47. The second-order valence-corrected chi connectivity index (χ2v) is 13.1. The first-order valence-electron chi connectivity index (χ1n) is 18.4. The number of carboxylic acid groups (broad SMARTS) is 2. The van der Waals surface area contributed by atoms with Crippen LogP contribution < -0.4 is 0 Å². The molecule has 41 heavy (non-hydrogen) atoms. The van der Waals surface area contributed by atoms with Gasteiger partial charge in [-0.25, -0.2) is 0 Å². The number of aliphatic carboxylic acids is 2. The minimum absolute atomic E-state index is 0.468. The van der Waals surface area contributed by atoms with Crippen LogP contribution in [0.2, 0.25) is 0 Å². The summed E-state index contributed by atoms with van der Waals surface area (Å²) in [7, 11) is 0. The summed E-state index contributed by atoms with van der Waals surface area (Å²) in [5.74, 6) is -2.57. The van der Waals surface area contributed by atoms with E-state index in [0.717, 1.165) is 38.5 Å². The summed E-state index contributed by atoms with van der Waals surface area (Å²) >= 11 is 0. The summed E-state index contributed by atoms with van der Waals surface area (Å²) < 4.78 is 0. The van der Waals surface area contributed by atoms with Crippen molar-refractivity contribution in [2.24, 2.45) is 11.3 Å². The van der Waals surface area contributed by atoms with Crippen LogP contribution in [0.1, 0.15) is 213 Å². The van der Waals surface area contributed by atoms with Crippen molar-refractivity contribution in [3.63, 3.8) is 0 Å². The minimum Gasteiger partial charge on any atom is -0.481 e. The van der Waals surface area contributed by atoms with E-state index in [-0.39, 0.29) is 0 Å². The van der Waals surface area contributed by atoms with Crippen LogP contribution in [0.3, 0.4) is 0 Å². The molecule has 0 spiro atoms. The highest BCUT2D eigenvalue weighted by Crippen LogP contribution is 2.42. The minimum atomic E-state index is -1.12. The first-order chi connectivity index (χ1) is 20.0. The maximum absolute atomic E-state index is 12.6. The third-order valence-electron chi connectivity index (χ3n) is 9.41. The molecular weight excluding hydrogens is 508 g/mol. The van der Waals surface area contributed by atoms with E-state index in [2.05, 4.69) is 13.8 Å². The molecular formula is C37H72O4. The molecule has 0 bridgehead atoms. The second kappa shape index (κ2) is 29.0. The van der Waals surface area contributed by atoms with Gasteiger partial charge in [0.15, 0.2) is 0 Å². The van der Waals surface area contributed by atoms with Crippen LogP contribution in [0.5, 0.6) is 0 Å². The van der Waals surface area contributed by atoms with E-state index in [0.29, 0.717) is 25.7 Å². The van der Waals surface area contributed by atoms with Gasteiger partial charge in [0.05, 0.1) is 11.3 Å². The molecule has 0 amide bonds. The largest absolute Gasteiger partial charge is 0.481 e. The third kappa shape index (κ3) is 21.3. The van der Waals surface area contributed by atoms with E-state index in [1.165, 1.54) is 128 Å². The van der Waals surface area contributed by atoms with Gasteiger partial charge in [0.25, 0.3) is 0 Å². The van der Waals surface area contributed by atoms with Crippen LogP contribution in [0.15, 0.2) is 0 Å². The van der Waals surface area contributed by atoms with Gasteiger partial charge in [0.1, 0.15) is 0 Å². The summed E-state index contributed by atoms with van der Waals surface area (Å²) in [6.45, 7) is 6.51. The molecule has 0 heterocycles. The predicted octanol–water partition coefficient (Wildman–Crippen LogP) is 12.5. The van der Waals surface area contributed by atoms with Crippen molar-refractivity contribution in [2.75, 3.05) is 0 Å². The zero-order valence-corrected chi connectivity index (χ0v) is 28.0. The van der Waals surface area contributed by atoms with Gasteiger partial charge in [-0.15, -0.1) is 0 Å². The number of rotatable bonds is 33. The molecule has 0 aliphatic carbocycles. The van der Waals surface area contributed by atoms with Crippen molar-refractivity contribution in [3.05, 3.63) is 0 Å². The molecule has 0 saturated heterocycles. The monoisotopic (exact) mass is 581 g/mol. The summed E-state index contributed by atoms with van der Waals surface area (Å²) in [5.41, 5.74) is -1.12. The molecule has 4 nitrogen and oxygen atoms in total. The quantitative estimate of drug-likeness (QED) is 0.0757. The van der Waals surface area contributed by atoms with Crippen LogP contribution in [0.4, 0.5) is 0 Å². The Labute approximate surface area is 256 Å². The fourth-order valence-corrected chi connectivity index (χ4v) is 6.74. The van der Waals surface area contributed by atoms with Crippen molar-refractivity contribution in [3.8, 4) is 0 Å². The van der Waals surface area contributed by atoms with E-state index in [1.54, 1.807) is 0 Å². The molecule has 2 atom stereocenters. The summed E-state index contributed by atoms with van der Waals surface area (Å²) in [5, 5.41) is 20.4. The average Bonchev–Trinajstić information content (AvgIpc) is 2.95. The Hall–Kier alpha value is -1.06. The first kappa shape index (κ1) is 39.9. The van der Waals surface area contributed by atoms with Gasteiger partial charge in [-0.05, 0) is 19.3 Å². The molecule has 0 aromatic carbocycles. The Balaban J connectivity index is 4.28. The highest BCUT2D eigenvalue weighted by atomic mass is 16.4. The molecule has 244 valence electrons. The Morgan fingerprint density at radius 2 is 0.756 bits per heavy atom. The number of hydrogen-bond acceptors (Lipinski definition) is 2. The zero-order chi connectivity index (χ0) is 30.4. The predicted molar refractivity (Wildman–Crippen MR) is 177 cm³/mol. The van der Waals surface area contributed by atoms with Crippen molar-refractivity contribution < 1.29 is 19.8 Å². The van der Waals surface area contributed by atoms with Crippen LogP contribution >= 0.6 is 0 Å². The molecule has 0 aromatic rings.